The van der Waals surface area contributed by atoms with Crippen molar-refractivity contribution < 1.29 is 0 Å². The van der Waals surface area contributed by atoms with Crippen LogP contribution >= 0.6 is 0 Å². The van der Waals surface area contributed by atoms with E-state index < -0.39 is 0 Å². The van der Waals surface area contributed by atoms with Crippen LogP contribution in [0.4, 0.5) is 0 Å². The van der Waals surface area contributed by atoms with E-state index in [0.717, 1.165) is 0 Å². The standard InChI is InChI=1S/C7H12N2/c1-7(2)3-5(8)6(9)4-7/h3-4H,8-9H2,1-2H3. The Kier molecular flexibility index (Phi) is 1.05. The van der Waals surface area contributed by atoms with Gasteiger partial charge in [0.25, 0.3) is 0 Å². The summed E-state index contributed by atoms with van der Waals surface area (Å²) >= 11 is 0. The van der Waals surface area contributed by atoms with E-state index in [2.05, 4.69) is 13.8 Å². The normalized spacial score (nSPS) is 23.3. The zero-order valence-corrected chi connectivity index (χ0v) is 5.81. The van der Waals surface area contributed by atoms with Gasteiger partial charge in [0.2, 0.25) is 0 Å². The van der Waals surface area contributed by atoms with Crippen LogP contribution in [0.15, 0.2) is 23.5 Å². The van der Waals surface area contributed by atoms with E-state index in [1.807, 2.05) is 12.2 Å². The summed E-state index contributed by atoms with van der Waals surface area (Å²) in [5, 5.41) is 0. The van der Waals surface area contributed by atoms with Gasteiger partial charge in [0.1, 0.15) is 0 Å². The second-order valence-corrected chi connectivity index (χ2v) is 3.02. The Hall–Kier alpha value is -0.920. The smallest absolute Gasteiger partial charge is 0.0512 e. The molecule has 1 aliphatic rings. The fraction of sp³-hybridized carbons (Fsp3) is 0.429. The second kappa shape index (κ2) is 1.53. The molecule has 0 fully saturated rings. The van der Waals surface area contributed by atoms with Crippen LogP contribution in [0.1, 0.15) is 13.8 Å². The van der Waals surface area contributed by atoms with Gasteiger partial charge in [-0.05, 0) is 12.2 Å². The molecule has 0 unspecified atom stereocenters. The Morgan fingerprint density at radius 3 is 1.56 bits per heavy atom. The summed E-state index contributed by atoms with van der Waals surface area (Å²) in [4.78, 5) is 0. The van der Waals surface area contributed by atoms with Crippen molar-refractivity contribution in [2.75, 3.05) is 0 Å². The van der Waals surface area contributed by atoms with Crippen LogP contribution < -0.4 is 11.5 Å². The summed E-state index contributed by atoms with van der Waals surface area (Å²) in [7, 11) is 0. The number of hydrogen-bond acceptors (Lipinski definition) is 2. The Bertz CT molecular complexity index is 167. The maximum absolute atomic E-state index is 5.52. The largest absolute Gasteiger partial charge is 0.397 e. The maximum Gasteiger partial charge on any atom is 0.0512 e. The van der Waals surface area contributed by atoms with E-state index in [1.54, 1.807) is 0 Å². The molecule has 0 aromatic heterocycles. The van der Waals surface area contributed by atoms with E-state index in [0.29, 0.717) is 11.4 Å². The topological polar surface area (TPSA) is 52.0 Å². The van der Waals surface area contributed by atoms with E-state index in [1.165, 1.54) is 0 Å². The van der Waals surface area contributed by atoms with Gasteiger partial charge in [-0.15, -0.1) is 0 Å². The molecule has 0 saturated heterocycles. The molecule has 0 radical (unpaired) electrons. The Balaban J connectivity index is 2.96. The molecule has 0 amide bonds. The SMILES string of the molecule is CC1(C)C=C(N)C(N)=C1. The van der Waals surface area contributed by atoms with E-state index >= 15 is 0 Å². The van der Waals surface area contributed by atoms with Gasteiger partial charge < -0.3 is 11.5 Å². The van der Waals surface area contributed by atoms with Crippen molar-refractivity contribution in [1.82, 2.24) is 0 Å². The number of rotatable bonds is 0. The molecule has 0 aliphatic heterocycles. The average molecular weight is 124 g/mol. The summed E-state index contributed by atoms with van der Waals surface area (Å²) in [5.74, 6) is 0. The van der Waals surface area contributed by atoms with Crippen LogP contribution in [-0.2, 0) is 0 Å². The summed E-state index contributed by atoms with van der Waals surface area (Å²) in [6.45, 7) is 4.14. The average Bonchev–Trinajstić information content (AvgIpc) is 1.79. The van der Waals surface area contributed by atoms with Crippen molar-refractivity contribution in [2.24, 2.45) is 16.9 Å². The predicted molar refractivity (Wildman–Crippen MR) is 38.3 cm³/mol. The van der Waals surface area contributed by atoms with E-state index in [9.17, 15) is 0 Å². The summed E-state index contributed by atoms with van der Waals surface area (Å²) in [6.07, 6.45) is 3.92. The lowest BCUT2D eigenvalue weighted by Gasteiger charge is -2.07. The fourth-order valence-electron chi connectivity index (χ4n) is 1.01. The minimum atomic E-state index is 0.0637. The lowest BCUT2D eigenvalue weighted by atomic mass is 9.97. The van der Waals surface area contributed by atoms with Gasteiger partial charge in [-0.2, -0.15) is 0 Å². The molecule has 2 heteroatoms. The zero-order valence-electron chi connectivity index (χ0n) is 5.81. The molecular weight excluding hydrogens is 112 g/mol. The highest BCUT2D eigenvalue weighted by atomic mass is 14.7. The second-order valence-electron chi connectivity index (χ2n) is 3.02. The molecule has 1 aliphatic carbocycles. The molecule has 0 saturated carbocycles. The predicted octanol–water partition coefficient (Wildman–Crippen LogP) is 0.711. The Morgan fingerprint density at radius 2 is 1.44 bits per heavy atom. The van der Waals surface area contributed by atoms with Crippen LogP contribution in [0.25, 0.3) is 0 Å². The molecule has 0 spiro atoms. The van der Waals surface area contributed by atoms with Crippen molar-refractivity contribution in [3.05, 3.63) is 23.5 Å². The summed E-state index contributed by atoms with van der Waals surface area (Å²) < 4.78 is 0. The van der Waals surface area contributed by atoms with Crippen molar-refractivity contribution in [2.45, 2.75) is 13.8 Å². The van der Waals surface area contributed by atoms with Gasteiger partial charge in [-0.25, -0.2) is 0 Å². The van der Waals surface area contributed by atoms with Crippen LogP contribution in [-0.4, -0.2) is 0 Å². The van der Waals surface area contributed by atoms with Crippen LogP contribution in [0.2, 0.25) is 0 Å². The van der Waals surface area contributed by atoms with E-state index in [4.69, 9.17) is 11.5 Å². The first-order valence-electron chi connectivity index (χ1n) is 2.98. The van der Waals surface area contributed by atoms with Crippen LogP contribution in [0.5, 0.6) is 0 Å². The highest BCUT2D eigenvalue weighted by molar-refractivity contribution is 5.37. The quantitative estimate of drug-likeness (QED) is 0.499. The number of nitrogens with two attached hydrogens (primary N) is 2. The van der Waals surface area contributed by atoms with Crippen molar-refractivity contribution in [3.63, 3.8) is 0 Å². The summed E-state index contributed by atoms with van der Waals surface area (Å²) in [6, 6.07) is 0. The molecule has 0 atom stereocenters. The minimum absolute atomic E-state index is 0.0637. The molecule has 2 nitrogen and oxygen atoms in total. The molecule has 0 aromatic carbocycles. The number of allylic oxidation sites excluding steroid dienone is 2. The first kappa shape index (κ1) is 6.20. The van der Waals surface area contributed by atoms with Gasteiger partial charge in [0, 0.05) is 5.41 Å². The van der Waals surface area contributed by atoms with Gasteiger partial charge >= 0.3 is 0 Å². The Morgan fingerprint density at radius 1 is 1.11 bits per heavy atom. The van der Waals surface area contributed by atoms with Gasteiger partial charge in [0.05, 0.1) is 11.4 Å². The maximum atomic E-state index is 5.52. The monoisotopic (exact) mass is 124 g/mol. The molecule has 0 heterocycles. The van der Waals surface area contributed by atoms with Gasteiger partial charge in [0.15, 0.2) is 0 Å². The minimum Gasteiger partial charge on any atom is -0.397 e. The van der Waals surface area contributed by atoms with Crippen LogP contribution in [0.3, 0.4) is 0 Å². The lowest BCUT2D eigenvalue weighted by molar-refractivity contribution is 0.633. The molecule has 1 rings (SSSR count). The Labute approximate surface area is 55.2 Å². The van der Waals surface area contributed by atoms with Crippen molar-refractivity contribution in [1.29, 1.82) is 0 Å². The summed E-state index contributed by atoms with van der Waals surface area (Å²) in [5.41, 5.74) is 12.5. The molecule has 4 N–H and O–H groups in total. The molecule has 0 bridgehead atoms. The van der Waals surface area contributed by atoms with Crippen molar-refractivity contribution >= 4 is 0 Å². The molecular formula is C7H12N2. The fourth-order valence-corrected chi connectivity index (χ4v) is 1.01. The highest BCUT2D eigenvalue weighted by Gasteiger charge is 2.19. The third kappa shape index (κ3) is 1.07. The van der Waals surface area contributed by atoms with Crippen molar-refractivity contribution in [3.8, 4) is 0 Å². The third-order valence-electron chi connectivity index (χ3n) is 1.39. The third-order valence-corrected chi connectivity index (χ3v) is 1.39. The highest BCUT2D eigenvalue weighted by Crippen LogP contribution is 2.28. The van der Waals surface area contributed by atoms with Gasteiger partial charge in [-0.3, -0.25) is 0 Å². The molecule has 50 valence electrons. The molecule has 0 aromatic rings. The van der Waals surface area contributed by atoms with E-state index in [-0.39, 0.29) is 5.41 Å². The van der Waals surface area contributed by atoms with Gasteiger partial charge in [-0.1, -0.05) is 13.8 Å². The lowest BCUT2D eigenvalue weighted by Crippen LogP contribution is -2.05. The zero-order chi connectivity index (χ0) is 7.07. The van der Waals surface area contributed by atoms with Crippen LogP contribution in [0, 0.1) is 5.41 Å². The molecule has 9 heavy (non-hydrogen) atoms. The first-order chi connectivity index (χ1) is 4.01. The number of hydrogen-bond donors (Lipinski definition) is 2. The first-order valence-corrected chi connectivity index (χ1v) is 2.98.